The van der Waals surface area contributed by atoms with Crippen molar-refractivity contribution in [3.8, 4) is 11.1 Å². The Morgan fingerprint density at radius 1 is 0.577 bits per heavy atom. The van der Waals surface area contributed by atoms with Crippen LogP contribution in [0.2, 0.25) is 0 Å². The van der Waals surface area contributed by atoms with Crippen LogP contribution in [-0.2, 0) is 5.41 Å². The minimum atomic E-state index is -0.426. The number of rotatable bonds is 3. The van der Waals surface area contributed by atoms with Crippen LogP contribution in [0.5, 0.6) is 0 Å². The van der Waals surface area contributed by atoms with Crippen LogP contribution in [0.3, 0.4) is 0 Å². The summed E-state index contributed by atoms with van der Waals surface area (Å²) in [7, 11) is 0. The normalized spacial score (nSPS) is 21.2. The summed E-state index contributed by atoms with van der Waals surface area (Å²) >= 11 is 3.88. The van der Waals surface area contributed by atoms with Crippen molar-refractivity contribution in [2.45, 2.75) is 44.4 Å². The fourth-order valence-corrected chi connectivity index (χ4v) is 12.1. The average molecular weight is 702 g/mol. The van der Waals surface area contributed by atoms with E-state index in [2.05, 4.69) is 187 Å². The van der Waals surface area contributed by atoms with Crippen LogP contribution in [0.4, 0.5) is 11.4 Å². The van der Waals surface area contributed by atoms with E-state index in [1.807, 2.05) is 23.5 Å². The Labute approximate surface area is 314 Å². The maximum absolute atomic E-state index is 2.57. The summed E-state index contributed by atoms with van der Waals surface area (Å²) in [5.41, 5.74) is 13.2. The first-order chi connectivity index (χ1) is 25.8. The molecule has 3 heterocycles. The highest BCUT2D eigenvalue weighted by Gasteiger charge is 2.52. The number of benzene rings is 6. The Morgan fingerprint density at radius 3 is 2.06 bits per heavy atom. The van der Waals surface area contributed by atoms with Gasteiger partial charge in [-0.05, 0) is 87.3 Å². The molecule has 0 bridgehead atoms. The molecule has 0 saturated carbocycles. The summed E-state index contributed by atoms with van der Waals surface area (Å²) in [6.07, 6.45) is 15.1. The van der Waals surface area contributed by atoms with Crippen LogP contribution < -0.4 is 4.90 Å². The fraction of sp³-hybridized carbons (Fsp3) is 0.102. The van der Waals surface area contributed by atoms with Crippen molar-refractivity contribution >= 4 is 34.9 Å². The third kappa shape index (κ3) is 4.39. The van der Waals surface area contributed by atoms with Gasteiger partial charge in [-0.15, -0.1) is 0 Å². The molecule has 3 aliphatic heterocycles. The maximum Gasteiger partial charge on any atom is 0.0714 e. The first kappa shape index (κ1) is 30.4. The lowest BCUT2D eigenvalue weighted by molar-refractivity contribution is 0.590. The molecule has 11 rings (SSSR count). The molecule has 3 unspecified atom stereocenters. The SMILES string of the molecule is C1=CC2c3cc(C4CC=CC5=C4C4(c6ccc(-c7ccccc7)cc6S5)c5ccccc5Sc5ccccc54)ccc3N(c3ccccc3)C2C=C1. The molecule has 52 heavy (non-hydrogen) atoms. The summed E-state index contributed by atoms with van der Waals surface area (Å²) in [5, 5.41) is 0. The van der Waals surface area contributed by atoms with Crippen LogP contribution in [-0.4, -0.2) is 6.04 Å². The molecule has 1 spiro atoms. The summed E-state index contributed by atoms with van der Waals surface area (Å²) in [6, 6.07) is 55.1. The van der Waals surface area contributed by atoms with Crippen molar-refractivity contribution in [2.24, 2.45) is 0 Å². The smallest absolute Gasteiger partial charge is 0.0714 e. The number of hydrogen-bond donors (Lipinski definition) is 0. The molecule has 0 N–H and O–H groups in total. The number of anilines is 2. The Kier molecular flexibility index (Phi) is 6.97. The van der Waals surface area contributed by atoms with Gasteiger partial charge in [0, 0.05) is 42.8 Å². The van der Waals surface area contributed by atoms with Gasteiger partial charge in [-0.2, -0.15) is 0 Å². The van der Waals surface area contributed by atoms with Crippen LogP contribution in [0.1, 0.15) is 46.1 Å². The predicted octanol–water partition coefficient (Wildman–Crippen LogP) is 13.0. The van der Waals surface area contributed by atoms with Crippen molar-refractivity contribution in [1.82, 2.24) is 0 Å². The van der Waals surface area contributed by atoms with Crippen LogP contribution >= 0.6 is 23.5 Å². The van der Waals surface area contributed by atoms with Gasteiger partial charge in [0.25, 0.3) is 0 Å². The van der Waals surface area contributed by atoms with Gasteiger partial charge in [0.05, 0.1) is 11.5 Å². The van der Waals surface area contributed by atoms with E-state index < -0.39 is 5.41 Å². The largest absolute Gasteiger partial charge is 0.333 e. The third-order valence-electron chi connectivity index (χ3n) is 11.7. The monoisotopic (exact) mass is 701 g/mol. The molecule has 0 aromatic heterocycles. The summed E-state index contributed by atoms with van der Waals surface area (Å²) < 4.78 is 0. The van der Waals surface area contributed by atoms with E-state index in [9.17, 15) is 0 Å². The predicted molar refractivity (Wildman–Crippen MR) is 218 cm³/mol. The molecule has 6 aromatic carbocycles. The molecule has 0 fully saturated rings. The first-order valence-electron chi connectivity index (χ1n) is 18.3. The third-order valence-corrected chi connectivity index (χ3v) is 14.0. The van der Waals surface area contributed by atoms with E-state index in [0.717, 1.165) is 6.42 Å². The minimum Gasteiger partial charge on any atom is -0.333 e. The van der Waals surface area contributed by atoms with E-state index in [-0.39, 0.29) is 12.0 Å². The Balaban J connectivity index is 1.15. The number of fused-ring (bicyclic) bond motifs is 10. The molecule has 6 aromatic rings. The molecular weight excluding hydrogens is 667 g/mol. The topological polar surface area (TPSA) is 3.24 Å². The molecule has 248 valence electrons. The molecule has 0 saturated heterocycles. The molecule has 0 radical (unpaired) electrons. The van der Waals surface area contributed by atoms with Crippen molar-refractivity contribution in [3.05, 3.63) is 220 Å². The second kappa shape index (κ2) is 11.9. The zero-order valence-electron chi connectivity index (χ0n) is 28.5. The van der Waals surface area contributed by atoms with Gasteiger partial charge in [0.1, 0.15) is 0 Å². The summed E-state index contributed by atoms with van der Waals surface area (Å²) in [5.74, 6) is 0.531. The molecule has 3 heteroatoms. The highest BCUT2D eigenvalue weighted by Crippen LogP contribution is 2.65. The van der Waals surface area contributed by atoms with Gasteiger partial charge in [0.2, 0.25) is 0 Å². The highest BCUT2D eigenvalue weighted by atomic mass is 32.2. The number of hydrogen-bond acceptors (Lipinski definition) is 3. The lowest BCUT2D eigenvalue weighted by Gasteiger charge is -2.49. The van der Waals surface area contributed by atoms with Crippen LogP contribution in [0.15, 0.2) is 207 Å². The van der Waals surface area contributed by atoms with Crippen LogP contribution in [0, 0.1) is 0 Å². The number of para-hydroxylation sites is 1. The summed E-state index contributed by atoms with van der Waals surface area (Å²) in [6.45, 7) is 0. The number of allylic oxidation sites excluding steroid dienone is 5. The van der Waals surface area contributed by atoms with Crippen molar-refractivity contribution < 1.29 is 0 Å². The fourth-order valence-electron chi connectivity index (χ4n) is 9.56. The van der Waals surface area contributed by atoms with Crippen molar-refractivity contribution in [1.29, 1.82) is 0 Å². The number of nitrogens with zero attached hydrogens (tertiary/aromatic N) is 1. The van der Waals surface area contributed by atoms with Gasteiger partial charge in [-0.1, -0.05) is 169 Å². The Morgan fingerprint density at radius 2 is 1.27 bits per heavy atom. The van der Waals surface area contributed by atoms with E-state index in [1.165, 1.54) is 75.5 Å². The van der Waals surface area contributed by atoms with E-state index in [1.54, 1.807) is 0 Å². The zero-order chi connectivity index (χ0) is 34.2. The standard InChI is InChI=1S/C49H35NS2/c1-3-14-32(15-4-1)33-26-28-41-47(31-33)52-46-25-13-19-36(48(46)49(41)39-20-8-11-23-44(39)51-45-24-12-9-21-40(45)49)34-27-29-43-38(30-34)37-18-7-10-22-42(37)50(43)35-16-5-2-6-17-35/h1-18,20-31,36-37,42H,19H2. The van der Waals surface area contributed by atoms with Crippen LogP contribution in [0.25, 0.3) is 11.1 Å². The second-order valence-corrected chi connectivity index (χ2v) is 16.5. The quantitative estimate of drug-likeness (QED) is 0.181. The van der Waals surface area contributed by atoms with Gasteiger partial charge in [-0.3, -0.25) is 0 Å². The molecule has 0 amide bonds. The molecule has 5 aliphatic rings. The maximum atomic E-state index is 2.57. The lowest BCUT2D eigenvalue weighted by atomic mass is 9.59. The van der Waals surface area contributed by atoms with Gasteiger partial charge in [0.15, 0.2) is 0 Å². The Hall–Kier alpha value is -5.22. The lowest BCUT2D eigenvalue weighted by Crippen LogP contribution is -2.40. The molecule has 3 atom stereocenters. The highest BCUT2D eigenvalue weighted by molar-refractivity contribution is 8.03. The first-order valence-corrected chi connectivity index (χ1v) is 19.9. The van der Waals surface area contributed by atoms with Crippen molar-refractivity contribution in [3.63, 3.8) is 0 Å². The van der Waals surface area contributed by atoms with E-state index in [0.29, 0.717) is 5.92 Å². The molecular formula is C49H35NS2. The van der Waals surface area contributed by atoms with E-state index >= 15 is 0 Å². The van der Waals surface area contributed by atoms with Gasteiger partial charge >= 0.3 is 0 Å². The van der Waals surface area contributed by atoms with Gasteiger partial charge < -0.3 is 4.90 Å². The second-order valence-electron chi connectivity index (χ2n) is 14.3. The minimum absolute atomic E-state index is 0.219. The zero-order valence-corrected chi connectivity index (χ0v) is 30.2. The van der Waals surface area contributed by atoms with E-state index in [4.69, 9.17) is 0 Å². The van der Waals surface area contributed by atoms with Crippen molar-refractivity contribution in [2.75, 3.05) is 4.90 Å². The number of thioether (sulfide) groups is 1. The molecule has 1 nitrogen and oxygen atoms in total. The molecule has 2 aliphatic carbocycles. The van der Waals surface area contributed by atoms with Gasteiger partial charge in [-0.25, -0.2) is 0 Å². The average Bonchev–Trinajstić information content (AvgIpc) is 3.54. The Bertz CT molecular complexity index is 2480. The summed E-state index contributed by atoms with van der Waals surface area (Å²) in [4.78, 5) is 7.96.